The molecule has 0 saturated carbocycles. The third kappa shape index (κ3) is 3.82. The summed E-state index contributed by atoms with van der Waals surface area (Å²) in [6, 6.07) is 5.91. The largest absolute Gasteiger partial charge is 0.356 e. The van der Waals surface area contributed by atoms with Crippen LogP contribution in [0.2, 0.25) is 0 Å². The molecule has 0 N–H and O–H groups in total. The van der Waals surface area contributed by atoms with Crippen LogP contribution in [0, 0.1) is 0 Å². The van der Waals surface area contributed by atoms with Gasteiger partial charge in [0.1, 0.15) is 0 Å². The van der Waals surface area contributed by atoms with Gasteiger partial charge in [-0.3, -0.25) is 9.59 Å². The first-order valence-corrected chi connectivity index (χ1v) is 8.73. The van der Waals surface area contributed by atoms with Crippen molar-refractivity contribution in [2.45, 2.75) is 12.8 Å². The van der Waals surface area contributed by atoms with E-state index in [9.17, 15) is 9.59 Å². The van der Waals surface area contributed by atoms with Gasteiger partial charge in [0.05, 0.1) is 5.56 Å². The van der Waals surface area contributed by atoms with E-state index in [0.29, 0.717) is 38.2 Å². The Kier molecular flexibility index (Phi) is 4.81. The average molecular weight is 331 g/mol. The lowest BCUT2D eigenvalue weighted by Crippen LogP contribution is -2.50. The van der Waals surface area contributed by atoms with Crippen molar-refractivity contribution >= 4 is 23.2 Å². The van der Waals surface area contributed by atoms with E-state index in [4.69, 9.17) is 0 Å². The van der Waals surface area contributed by atoms with Crippen LogP contribution >= 0.6 is 11.3 Å². The van der Waals surface area contributed by atoms with Crippen molar-refractivity contribution in [3.8, 4) is 0 Å². The van der Waals surface area contributed by atoms with Crippen molar-refractivity contribution in [2.24, 2.45) is 7.05 Å². The van der Waals surface area contributed by atoms with Crippen LogP contribution in [0.3, 0.4) is 0 Å². The molecule has 2 aromatic heterocycles. The van der Waals surface area contributed by atoms with Gasteiger partial charge >= 0.3 is 0 Å². The molecule has 6 heteroatoms. The topological polar surface area (TPSA) is 45.6 Å². The lowest BCUT2D eigenvalue weighted by molar-refractivity contribution is -0.132. The molecule has 1 fully saturated rings. The van der Waals surface area contributed by atoms with Crippen LogP contribution in [0.5, 0.6) is 0 Å². The molecule has 0 aromatic carbocycles. The highest BCUT2D eigenvalue weighted by atomic mass is 32.1. The number of amides is 2. The number of thiophene rings is 1. The molecular weight excluding hydrogens is 310 g/mol. The second-order valence-electron chi connectivity index (χ2n) is 5.82. The Labute approximate surface area is 140 Å². The van der Waals surface area contributed by atoms with E-state index in [0.717, 1.165) is 6.42 Å². The zero-order valence-corrected chi connectivity index (χ0v) is 14.1. The summed E-state index contributed by atoms with van der Waals surface area (Å²) in [6.45, 7) is 2.47. The summed E-state index contributed by atoms with van der Waals surface area (Å²) >= 11 is 1.69. The molecule has 0 bridgehead atoms. The summed E-state index contributed by atoms with van der Waals surface area (Å²) in [5, 5.41) is 2.04. The monoisotopic (exact) mass is 331 g/mol. The second-order valence-corrected chi connectivity index (χ2v) is 6.85. The molecule has 1 saturated heterocycles. The van der Waals surface area contributed by atoms with Crippen molar-refractivity contribution in [2.75, 3.05) is 26.2 Å². The highest BCUT2D eigenvalue weighted by Crippen LogP contribution is 2.14. The predicted octanol–water partition coefficient (Wildman–Crippen LogP) is 2.00. The molecule has 1 aliphatic heterocycles. The SMILES string of the molecule is Cn1ccc(C(=O)N2CCN(C(=O)CCc3cccs3)CC2)c1. The van der Waals surface area contributed by atoms with E-state index in [2.05, 4.69) is 6.07 Å². The van der Waals surface area contributed by atoms with Gasteiger partial charge in [-0.25, -0.2) is 0 Å². The third-order valence-electron chi connectivity index (χ3n) is 4.16. The first-order chi connectivity index (χ1) is 11.1. The number of hydrogen-bond donors (Lipinski definition) is 0. The number of carbonyl (C=O) groups excluding carboxylic acids is 2. The predicted molar refractivity (Wildman–Crippen MR) is 90.5 cm³/mol. The van der Waals surface area contributed by atoms with Gasteiger partial charge in [0, 0.05) is 56.9 Å². The van der Waals surface area contributed by atoms with Gasteiger partial charge in [-0.1, -0.05) is 6.07 Å². The van der Waals surface area contributed by atoms with Crippen LogP contribution in [-0.4, -0.2) is 52.4 Å². The summed E-state index contributed by atoms with van der Waals surface area (Å²) in [5.74, 6) is 0.237. The number of piperazine rings is 1. The van der Waals surface area contributed by atoms with Gasteiger partial charge < -0.3 is 14.4 Å². The molecule has 0 aliphatic carbocycles. The minimum absolute atomic E-state index is 0.0521. The Morgan fingerprint density at radius 1 is 1.13 bits per heavy atom. The summed E-state index contributed by atoms with van der Waals surface area (Å²) in [6.07, 6.45) is 5.06. The van der Waals surface area contributed by atoms with E-state index >= 15 is 0 Å². The molecule has 5 nitrogen and oxygen atoms in total. The highest BCUT2D eigenvalue weighted by molar-refractivity contribution is 7.09. The quantitative estimate of drug-likeness (QED) is 0.860. The van der Waals surface area contributed by atoms with Crippen LogP contribution in [0.15, 0.2) is 36.0 Å². The number of aromatic nitrogens is 1. The number of rotatable bonds is 4. The smallest absolute Gasteiger partial charge is 0.255 e. The van der Waals surface area contributed by atoms with Crippen molar-refractivity contribution < 1.29 is 9.59 Å². The van der Waals surface area contributed by atoms with Crippen LogP contribution < -0.4 is 0 Å². The first-order valence-electron chi connectivity index (χ1n) is 7.85. The van der Waals surface area contributed by atoms with Crippen molar-refractivity contribution in [3.63, 3.8) is 0 Å². The molecule has 3 heterocycles. The number of aryl methyl sites for hydroxylation is 2. The normalized spacial score (nSPS) is 15.0. The fourth-order valence-corrected chi connectivity index (χ4v) is 3.52. The summed E-state index contributed by atoms with van der Waals surface area (Å²) in [5.41, 5.74) is 0.713. The molecule has 0 spiro atoms. The average Bonchev–Trinajstić information content (AvgIpc) is 3.23. The fourth-order valence-electron chi connectivity index (χ4n) is 2.81. The minimum atomic E-state index is 0.0521. The molecule has 122 valence electrons. The number of nitrogens with zero attached hydrogens (tertiary/aromatic N) is 3. The van der Waals surface area contributed by atoms with Crippen LogP contribution in [0.1, 0.15) is 21.7 Å². The molecular formula is C17H21N3O2S. The van der Waals surface area contributed by atoms with Crippen molar-refractivity contribution in [3.05, 3.63) is 46.4 Å². The molecule has 0 atom stereocenters. The van der Waals surface area contributed by atoms with Crippen LogP contribution in [-0.2, 0) is 18.3 Å². The van der Waals surface area contributed by atoms with E-state index < -0.39 is 0 Å². The van der Waals surface area contributed by atoms with Crippen LogP contribution in [0.25, 0.3) is 0 Å². The van der Waals surface area contributed by atoms with E-state index in [1.54, 1.807) is 11.3 Å². The van der Waals surface area contributed by atoms with Gasteiger partial charge in [-0.05, 0) is 23.9 Å². The van der Waals surface area contributed by atoms with E-state index in [1.165, 1.54) is 4.88 Å². The lowest BCUT2D eigenvalue weighted by Gasteiger charge is -2.34. The zero-order valence-electron chi connectivity index (χ0n) is 13.3. The third-order valence-corrected chi connectivity index (χ3v) is 5.10. The molecule has 0 unspecified atom stereocenters. The van der Waals surface area contributed by atoms with Gasteiger partial charge in [0.2, 0.25) is 5.91 Å². The number of carbonyl (C=O) groups is 2. The standard InChI is InChI=1S/C17H21N3O2S/c1-18-7-6-14(13-18)17(22)20-10-8-19(9-11-20)16(21)5-4-15-3-2-12-23-15/h2-3,6-7,12-13H,4-5,8-11H2,1H3. The van der Waals surface area contributed by atoms with Gasteiger partial charge in [-0.2, -0.15) is 0 Å². The molecule has 3 rings (SSSR count). The Hall–Kier alpha value is -2.08. The second kappa shape index (κ2) is 7.00. The molecule has 0 radical (unpaired) electrons. The molecule has 2 aromatic rings. The maximum absolute atomic E-state index is 12.4. The minimum Gasteiger partial charge on any atom is -0.356 e. The summed E-state index contributed by atoms with van der Waals surface area (Å²) in [7, 11) is 1.90. The maximum atomic E-state index is 12.4. The first kappa shape index (κ1) is 15.8. The molecule has 2 amide bonds. The summed E-state index contributed by atoms with van der Waals surface area (Å²) in [4.78, 5) is 29.6. The number of hydrogen-bond acceptors (Lipinski definition) is 3. The Balaban J connectivity index is 1.48. The Morgan fingerprint density at radius 3 is 2.48 bits per heavy atom. The van der Waals surface area contributed by atoms with Crippen LogP contribution in [0.4, 0.5) is 0 Å². The maximum Gasteiger partial charge on any atom is 0.255 e. The Morgan fingerprint density at radius 2 is 1.87 bits per heavy atom. The fraction of sp³-hybridized carbons (Fsp3) is 0.412. The highest BCUT2D eigenvalue weighted by Gasteiger charge is 2.24. The van der Waals surface area contributed by atoms with Crippen molar-refractivity contribution in [1.29, 1.82) is 0 Å². The van der Waals surface area contributed by atoms with Gasteiger partial charge in [0.15, 0.2) is 0 Å². The Bertz CT molecular complexity index is 670. The zero-order chi connectivity index (χ0) is 16.2. The molecule has 1 aliphatic rings. The van der Waals surface area contributed by atoms with E-state index in [-0.39, 0.29) is 11.8 Å². The lowest BCUT2D eigenvalue weighted by atomic mass is 10.2. The van der Waals surface area contributed by atoms with Gasteiger partial charge in [0.25, 0.3) is 5.91 Å². The molecule has 23 heavy (non-hydrogen) atoms. The van der Waals surface area contributed by atoms with Crippen molar-refractivity contribution in [1.82, 2.24) is 14.4 Å². The summed E-state index contributed by atoms with van der Waals surface area (Å²) < 4.78 is 1.87. The van der Waals surface area contributed by atoms with Gasteiger partial charge in [-0.15, -0.1) is 11.3 Å². The van der Waals surface area contributed by atoms with E-state index in [1.807, 2.05) is 51.3 Å².